The summed E-state index contributed by atoms with van der Waals surface area (Å²) in [6, 6.07) is 8.53. The summed E-state index contributed by atoms with van der Waals surface area (Å²) < 4.78 is 49.0. The quantitative estimate of drug-likeness (QED) is 0.423. The molecule has 0 heterocycles. The number of benzene rings is 2. The highest BCUT2D eigenvalue weighted by Crippen LogP contribution is 2.55. The Morgan fingerprint density at radius 2 is 1.80 bits per heavy atom. The minimum Gasteiger partial charge on any atom is -0.490 e. The zero-order valence-electron chi connectivity index (χ0n) is 21.1. The first kappa shape index (κ1) is 25.8. The van der Waals surface area contributed by atoms with Gasteiger partial charge in [-0.25, -0.2) is 0 Å². The highest BCUT2D eigenvalue weighted by atomic mass is 19.4. The standard InChI is InChI=1S/C29H37F3O3/c1-5-18-6-11-22(12-7-18)35-25-13-10-19-8-9-20(15-23(19)26(25)29(30,31)32)17(2)14-21-16-24(27(33)34)28(21,3)4/h8-10,13,15,17-18,21-22,24H,5-7,11-12,14,16H2,1-4H3,(H,33,34)/t17-,18?,21-,22?,24-/m0/s1. The van der Waals surface area contributed by atoms with Gasteiger partial charge >= 0.3 is 12.1 Å². The Hall–Kier alpha value is -2.24. The molecule has 2 aromatic rings. The Morgan fingerprint density at radius 1 is 1.14 bits per heavy atom. The maximum Gasteiger partial charge on any atom is 0.420 e. The molecule has 2 saturated carbocycles. The lowest BCUT2D eigenvalue weighted by Gasteiger charge is -2.51. The van der Waals surface area contributed by atoms with E-state index in [4.69, 9.17) is 4.74 Å². The van der Waals surface area contributed by atoms with Crippen LogP contribution in [0.5, 0.6) is 5.75 Å². The Balaban J connectivity index is 1.60. The Kier molecular flexibility index (Phi) is 7.14. The number of fused-ring (bicyclic) bond motifs is 1. The normalized spacial score (nSPS) is 27.3. The number of carbonyl (C=O) groups is 1. The van der Waals surface area contributed by atoms with Crippen LogP contribution in [0.1, 0.15) is 89.7 Å². The maximum atomic E-state index is 14.3. The third-order valence-corrected chi connectivity index (χ3v) is 8.93. The van der Waals surface area contributed by atoms with Crippen LogP contribution < -0.4 is 4.74 Å². The van der Waals surface area contributed by atoms with Gasteiger partial charge in [0, 0.05) is 0 Å². The van der Waals surface area contributed by atoms with Gasteiger partial charge in [0.25, 0.3) is 0 Å². The van der Waals surface area contributed by atoms with Crippen molar-refractivity contribution in [1.29, 1.82) is 0 Å². The molecule has 192 valence electrons. The molecule has 0 unspecified atom stereocenters. The topological polar surface area (TPSA) is 46.5 Å². The van der Waals surface area contributed by atoms with E-state index in [0.29, 0.717) is 17.7 Å². The van der Waals surface area contributed by atoms with E-state index < -0.39 is 17.7 Å². The molecule has 6 heteroatoms. The molecule has 2 aromatic carbocycles. The first-order chi connectivity index (χ1) is 16.4. The number of ether oxygens (including phenoxy) is 1. The average molecular weight is 491 g/mol. The molecule has 4 rings (SSSR count). The number of hydrogen-bond acceptors (Lipinski definition) is 2. The zero-order valence-corrected chi connectivity index (χ0v) is 21.1. The number of halogens is 3. The summed E-state index contributed by atoms with van der Waals surface area (Å²) >= 11 is 0. The van der Waals surface area contributed by atoms with Gasteiger partial charge in [0.15, 0.2) is 0 Å². The SMILES string of the molecule is CCC1CCC(Oc2ccc3ccc([C@@H](C)C[C@H]4C[C@@H](C(=O)O)C4(C)C)cc3c2C(F)(F)F)CC1. The van der Waals surface area contributed by atoms with Crippen molar-refractivity contribution < 1.29 is 27.8 Å². The lowest BCUT2D eigenvalue weighted by atomic mass is 9.53. The van der Waals surface area contributed by atoms with Crippen molar-refractivity contribution in [3.05, 3.63) is 41.5 Å². The van der Waals surface area contributed by atoms with E-state index in [1.807, 2.05) is 26.8 Å². The number of carboxylic acid groups (broad SMARTS) is 1. The summed E-state index contributed by atoms with van der Waals surface area (Å²) in [5.74, 6) is -0.309. The van der Waals surface area contributed by atoms with Crippen LogP contribution >= 0.6 is 0 Å². The van der Waals surface area contributed by atoms with Gasteiger partial charge in [-0.1, -0.05) is 58.4 Å². The minimum atomic E-state index is -4.53. The van der Waals surface area contributed by atoms with Crippen LogP contribution in [0.3, 0.4) is 0 Å². The van der Waals surface area contributed by atoms with Crippen LogP contribution in [0.15, 0.2) is 30.3 Å². The largest absolute Gasteiger partial charge is 0.490 e. The summed E-state index contributed by atoms with van der Waals surface area (Å²) in [5.41, 5.74) is -0.152. The minimum absolute atomic E-state index is 0.0217. The maximum absolute atomic E-state index is 14.3. The molecule has 3 atom stereocenters. The van der Waals surface area contributed by atoms with E-state index in [-0.39, 0.29) is 40.4 Å². The van der Waals surface area contributed by atoms with E-state index in [1.165, 1.54) is 6.07 Å². The highest BCUT2D eigenvalue weighted by molar-refractivity contribution is 5.89. The van der Waals surface area contributed by atoms with Gasteiger partial charge in [-0.15, -0.1) is 0 Å². The van der Waals surface area contributed by atoms with Crippen LogP contribution in [0.25, 0.3) is 10.8 Å². The third-order valence-electron chi connectivity index (χ3n) is 8.93. The lowest BCUT2D eigenvalue weighted by molar-refractivity contribution is -0.159. The number of hydrogen-bond donors (Lipinski definition) is 1. The third kappa shape index (κ3) is 5.17. The van der Waals surface area contributed by atoms with E-state index >= 15 is 0 Å². The number of rotatable bonds is 7. The fourth-order valence-corrected chi connectivity index (χ4v) is 6.25. The van der Waals surface area contributed by atoms with Gasteiger partial charge in [-0.2, -0.15) is 13.2 Å². The summed E-state index contributed by atoms with van der Waals surface area (Å²) in [4.78, 5) is 11.5. The molecular formula is C29H37F3O3. The molecule has 35 heavy (non-hydrogen) atoms. The molecule has 2 aliphatic rings. The molecule has 0 aliphatic heterocycles. The summed E-state index contributed by atoms with van der Waals surface area (Å²) in [6.45, 7) is 8.13. The monoisotopic (exact) mass is 490 g/mol. The number of aliphatic carboxylic acids is 1. The molecule has 2 aliphatic carbocycles. The second-order valence-corrected chi connectivity index (χ2v) is 11.4. The van der Waals surface area contributed by atoms with Gasteiger partial charge in [0.2, 0.25) is 0 Å². The van der Waals surface area contributed by atoms with Crippen LogP contribution in [0.2, 0.25) is 0 Å². The molecule has 0 radical (unpaired) electrons. The summed E-state index contributed by atoms with van der Waals surface area (Å²) in [5, 5.41) is 10.1. The molecule has 0 bridgehead atoms. The van der Waals surface area contributed by atoms with Crippen molar-refractivity contribution in [3.8, 4) is 5.75 Å². The van der Waals surface area contributed by atoms with Crippen LogP contribution in [-0.4, -0.2) is 17.2 Å². The first-order valence-corrected chi connectivity index (χ1v) is 12.9. The summed E-state index contributed by atoms with van der Waals surface area (Å²) in [7, 11) is 0. The number of alkyl halides is 3. The van der Waals surface area contributed by atoms with Crippen LogP contribution in [0.4, 0.5) is 13.2 Å². The van der Waals surface area contributed by atoms with Crippen molar-refractivity contribution in [3.63, 3.8) is 0 Å². The molecule has 3 nitrogen and oxygen atoms in total. The molecule has 0 aromatic heterocycles. The van der Waals surface area contributed by atoms with Gasteiger partial charge in [0.1, 0.15) is 11.3 Å². The number of carboxylic acids is 1. The fraction of sp³-hybridized carbons (Fsp3) is 0.621. The predicted molar refractivity (Wildman–Crippen MR) is 132 cm³/mol. The van der Waals surface area contributed by atoms with Gasteiger partial charge < -0.3 is 9.84 Å². The zero-order chi connectivity index (χ0) is 25.5. The van der Waals surface area contributed by atoms with Crippen molar-refractivity contribution >= 4 is 16.7 Å². The predicted octanol–water partition coefficient (Wildman–Crippen LogP) is 8.45. The van der Waals surface area contributed by atoms with E-state index in [2.05, 4.69) is 6.92 Å². The molecule has 1 N–H and O–H groups in total. The summed E-state index contributed by atoms with van der Waals surface area (Å²) in [6.07, 6.45) is 1.34. The van der Waals surface area contributed by atoms with Crippen LogP contribution in [-0.2, 0) is 11.0 Å². The molecule has 0 amide bonds. The molecular weight excluding hydrogens is 453 g/mol. The highest BCUT2D eigenvalue weighted by Gasteiger charge is 2.51. The molecule has 2 fully saturated rings. The van der Waals surface area contributed by atoms with E-state index in [1.54, 1.807) is 18.2 Å². The average Bonchev–Trinajstić information content (AvgIpc) is 2.80. The Labute approximate surface area is 206 Å². The van der Waals surface area contributed by atoms with Crippen molar-refractivity contribution in [2.24, 2.45) is 23.2 Å². The van der Waals surface area contributed by atoms with Gasteiger partial charge in [-0.3, -0.25) is 4.79 Å². The first-order valence-electron chi connectivity index (χ1n) is 12.9. The molecule has 0 saturated heterocycles. The molecule has 0 spiro atoms. The van der Waals surface area contributed by atoms with E-state index in [9.17, 15) is 23.1 Å². The lowest BCUT2D eigenvalue weighted by Crippen LogP contribution is -2.49. The van der Waals surface area contributed by atoms with Gasteiger partial charge in [0.05, 0.1) is 12.0 Å². The Morgan fingerprint density at radius 3 is 2.37 bits per heavy atom. The van der Waals surface area contributed by atoms with Gasteiger partial charge in [-0.05, 0) is 84.1 Å². The Bertz CT molecular complexity index is 1070. The van der Waals surface area contributed by atoms with Crippen molar-refractivity contribution in [2.75, 3.05) is 0 Å². The second kappa shape index (κ2) is 9.67. The van der Waals surface area contributed by atoms with Crippen LogP contribution in [0, 0.1) is 23.2 Å². The van der Waals surface area contributed by atoms with Crippen molar-refractivity contribution in [2.45, 2.75) is 90.8 Å². The van der Waals surface area contributed by atoms with Crippen molar-refractivity contribution in [1.82, 2.24) is 0 Å². The second-order valence-electron chi connectivity index (χ2n) is 11.4. The smallest absolute Gasteiger partial charge is 0.420 e. The van der Waals surface area contributed by atoms with E-state index in [0.717, 1.165) is 44.1 Å². The fourth-order valence-electron chi connectivity index (χ4n) is 6.25.